The van der Waals surface area contributed by atoms with Gasteiger partial charge in [-0.1, -0.05) is 0 Å². The van der Waals surface area contributed by atoms with Crippen molar-refractivity contribution in [3.05, 3.63) is 23.3 Å². The first-order valence-electron chi connectivity index (χ1n) is 3.78. The topological polar surface area (TPSA) is 25.8 Å². The van der Waals surface area contributed by atoms with Crippen LogP contribution in [0.3, 0.4) is 0 Å². The fourth-order valence-corrected chi connectivity index (χ4v) is 1.81. The van der Waals surface area contributed by atoms with E-state index in [4.69, 9.17) is 0 Å². The van der Waals surface area contributed by atoms with Gasteiger partial charge in [-0.25, -0.2) is 0 Å². The lowest BCUT2D eigenvalue weighted by Gasteiger charge is -2.06. The van der Waals surface area contributed by atoms with Gasteiger partial charge in [0.05, 0.1) is 17.3 Å². The Kier molecular flexibility index (Phi) is 1.95. The molecule has 0 unspecified atom stereocenters. The minimum absolute atomic E-state index is 0.308. The second kappa shape index (κ2) is 2.91. The first-order chi connectivity index (χ1) is 6.48. The van der Waals surface area contributed by atoms with Crippen LogP contribution in [0.25, 0.3) is 11.0 Å². The molecule has 1 aromatic carbocycles. The molecule has 0 N–H and O–H groups in total. The molecule has 0 aliphatic heterocycles. The fourth-order valence-electron chi connectivity index (χ4n) is 1.22. The molecule has 0 amide bonds. The molecule has 0 saturated carbocycles. The molecule has 0 spiro atoms. The van der Waals surface area contributed by atoms with Gasteiger partial charge >= 0.3 is 6.18 Å². The number of aromatic nitrogens is 2. The number of aryl methyl sites for hydroxylation is 1. The van der Waals surface area contributed by atoms with Crippen LogP contribution in [0.2, 0.25) is 0 Å². The minimum Gasteiger partial charge on any atom is -0.173 e. The number of fused-ring (bicyclic) bond motifs is 1. The van der Waals surface area contributed by atoms with E-state index in [1.807, 2.05) is 0 Å². The van der Waals surface area contributed by atoms with E-state index in [1.165, 1.54) is 0 Å². The maximum Gasteiger partial charge on any atom is 0.416 e. The zero-order valence-corrected chi connectivity index (χ0v) is 7.91. The number of hydrogen-bond acceptors (Lipinski definition) is 3. The maximum atomic E-state index is 12.4. The van der Waals surface area contributed by atoms with Crippen LogP contribution in [0.1, 0.15) is 11.1 Å². The summed E-state index contributed by atoms with van der Waals surface area (Å²) in [4.78, 5) is 0. The van der Waals surface area contributed by atoms with E-state index < -0.39 is 11.7 Å². The molecule has 6 heteroatoms. The highest BCUT2D eigenvalue weighted by molar-refractivity contribution is 7.00. The summed E-state index contributed by atoms with van der Waals surface area (Å²) < 4.78 is 44.8. The standard InChI is InChI=1S/C8H5F3N2S/c1-4-2-5(8(9,10)11)3-6-7(4)13-14-12-6/h2-3H,1H3. The van der Waals surface area contributed by atoms with Gasteiger partial charge in [0.1, 0.15) is 11.0 Å². The lowest BCUT2D eigenvalue weighted by molar-refractivity contribution is -0.137. The smallest absolute Gasteiger partial charge is 0.173 e. The summed E-state index contributed by atoms with van der Waals surface area (Å²) in [6, 6.07) is 2.11. The summed E-state index contributed by atoms with van der Waals surface area (Å²) in [5.74, 6) is 0. The van der Waals surface area contributed by atoms with E-state index in [0.29, 0.717) is 16.6 Å². The SMILES string of the molecule is Cc1cc(C(F)(F)F)cc2nsnc12. The van der Waals surface area contributed by atoms with E-state index in [9.17, 15) is 13.2 Å². The van der Waals surface area contributed by atoms with Gasteiger partial charge in [-0.3, -0.25) is 0 Å². The highest BCUT2D eigenvalue weighted by atomic mass is 32.1. The van der Waals surface area contributed by atoms with Gasteiger partial charge in [0.25, 0.3) is 0 Å². The van der Waals surface area contributed by atoms with Crippen molar-refractivity contribution < 1.29 is 13.2 Å². The van der Waals surface area contributed by atoms with E-state index in [2.05, 4.69) is 8.75 Å². The Morgan fingerprint density at radius 2 is 1.93 bits per heavy atom. The Morgan fingerprint density at radius 3 is 2.57 bits per heavy atom. The molecule has 1 heterocycles. The Balaban J connectivity index is 2.70. The first kappa shape index (κ1) is 9.39. The van der Waals surface area contributed by atoms with E-state index in [1.54, 1.807) is 6.92 Å². The molecule has 0 radical (unpaired) electrons. The number of rotatable bonds is 0. The molecule has 14 heavy (non-hydrogen) atoms. The van der Waals surface area contributed by atoms with Crippen LogP contribution in [0, 0.1) is 6.92 Å². The Bertz CT molecular complexity index is 475. The lowest BCUT2D eigenvalue weighted by atomic mass is 10.1. The highest BCUT2D eigenvalue weighted by Gasteiger charge is 2.31. The van der Waals surface area contributed by atoms with Crippen molar-refractivity contribution in [2.75, 3.05) is 0 Å². The number of halogens is 3. The molecule has 0 bridgehead atoms. The van der Waals surface area contributed by atoms with E-state index in [-0.39, 0.29) is 0 Å². The van der Waals surface area contributed by atoms with Crippen molar-refractivity contribution in [3.8, 4) is 0 Å². The fraction of sp³-hybridized carbons (Fsp3) is 0.250. The summed E-state index contributed by atoms with van der Waals surface area (Å²) in [6.45, 7) is 1.60. The Morgan fingerprint density at radius 1 is 1.21 bits per heavy atom. The van der Waals surface area contributed by atoms with Crippen molar-refractivity contribution >= 4 is 22.8 Å². The molecule has 0 atom stereocenters. The van der Waals surface area contributed by atoms with Gasteiger partial charge in [-0.2, -0.15) is 21.9 Å². The minimum atomic E-state index is -4.32. The van der Waals surface area contributed by atoms with E-state index in [0.717, 1.165) is 23.9 Å². The van der Waals surface area contributed by atoms with Crippen molar-refractivity contribution in [2.45, 2.75) is 13.1 Å². The molecular weight excluding hydrogens is 213 g/mol. The predicted molar refractivity (Wildman–Crippen MR) is 47.2 cm³/mol. The van der Waals surface area contributed by atoms with Crippen molar-refractivity contribution in [3.63, 3.8) is 0 Å². The summed E-state index contributed by atoms with van der Waals surface area (Å²) in [7, 11) is 0. The van der Waals surface area contributed by atoms with Gasteiger partial charge in [0.2, 0.25) is 0 Å². The van der Waals surface area contributed by atoms with Gasteiger partial charge in [0.15, 0.2) is 0 Å². The third-order valence-corrected chi connectivity index (χ3v) is 2.42. The molecule has 2 nitrogen and oxygen atoms in total. The molecule has 2 aromatic rings. The van der Waals surface area contributed by atoms with Crippen molar-refractivity contribution in [1.29, 1.82) is 0 Å². The number of hydrogen-bond donors (Lipinski definition) is 0. The number of alkyl halides is 3. The average Bonchev–Trinajstić information content (AvgIpc) is 2.50. The average molecular weight is 218 g/mol. The molecule has 74 valence electrons. The third kappa shape index (κ3) is 1.45. The molecule has 0 saturated heterocycles. The van der Waals surface area contributed by atoms with Crippen molar-refractivity contribution in [1.82, 2.24) is 8.75 Å². The largest absolute Gasteiger partial charge is 0.416 e. The molecule has 0 fully saturated rings. The Labute approximate surface area is 81.7 Å². The lowest BCUT2D eigenvalue weighted by Crippen LogP contribution is -2.05. The van der Waals surface area contributed by atoms with Crippen LogP contribution < -0.4 is 0 Å². The molecular formula is C8H5F3N2S. The number of benzene rings is 1. The molecule has 0 aliphatic carbocycles. The normalized spacial score (nSPS) is 12.3. The zero-order valence-electron chi connectivity index (χ0n) is 7.09. The van der Waals surface area contributed by atoms with E-state index >= 15 is 0 Å². The van der Waals surface area contributed by atoms with Crippen molar-refractivity contribution in [2.24, 2.45) is 0 Å². The first-order valence-corrected chi connectivity index (χ1v) is 4.51. The summed E-state index contributed by atoms with van der Waals surface area (Å²) in [5.41, 5.74) is 0.684. The second-order valence-electron chi connectivity index (χ2n) is 2.92. The second-order valence-corrected chi connectivity index (χ2v) is 3.45. The van der Waals surface area contributed by atoms with Crippen LogP contribution in [0.5, 0.6) is 0 Å². The van der Waals surface area contributed by atoms with Gasteiger partial charge < -0.3 is 0 Å². The van der Waals surface area contributed by atoms with Gasteiger partial charge in [0, 0.05) is 0 Å². The molecule has 1 aromatic heterocycles. The summed E-state index contributed by atoms with van der Waals surface area (Å²) in [6.07, 6.45) is -4.32. The van der Waals surface area contributed by atoms with Gasteiger partial charge in [-0.05, 0) is 24.6 Å². The van der Waals surface area contributed by atoms with Gasteiger partial charge in [-0.15, -0.1) is 0 Å². The predicted octanol–water partition coefficient (Wildman–Crippen LogP) is 3.02. The maximum absolute atomic E-state index is 12.4. The van der Waals surface area contributed by atoms with Crippen LogP contribution in [0.15, 0.2) is 12.1 Å². The molecule has 0 aliphatic rings. The van der Waals surface area contributed by atoms with Crippen LogP contribution in [0.4, 0.5) is 13.2 Å². The zero-order chi connectivity index (χ0) is 10.3. The van der Waals surface area contributed by atoms with Crippen LogP contribution in [-0.4, -0.2) is 8.75 Å². The third-order valence-electron chi connectivity index (χ3n) is 1.88. The summed E-state index contributed by atoms with van der Waals surface area (Å²) in [5, 5.41) is 0. The number of nitrogens with zero attached hydrogens (tertiary/aromatic N) is 2. The summed E-state index contributed by atoms with van der Waals surface area (Å²) >= 11 is 0.919. The van der Waals surface area contributed by atoms with Crippen LogP contribution in [-0.2, 0) is 6.18 Å². The Hall–Kier alpha value is -1.17. The monoisotopic (exact) mass is 218 g/mol. The quantitative estimate of drug-likeness (QED) is 0.679. The molecule has 2 rings (SSSR count). The van der Waals surface area contributed by atoms with Crippen LogP contribution >= 0.6 is 11.7 Å². The highest BCUT2D eigenvalue weighted by Crippen LogP contribution is 2.32.